The zero-order valence-corrected chi connectivity index (χ0v) is 13.1. The van der Waals surface area contributed by atoms with Gasteiger partial charge in [0.2, 0.25) is 0 Å². The molecule has 126 valence electrons. The third kappa shape index (κ3) is 15.6. The summed E-state index contributed by atoms with van der Waals surface area (Å²) >= 11 is 0. The maximum absolute atomic E-state index is 10.3. The smallest absolute Gasteiger partial charge is 0.303 e. The number of carbonyl (C=O) groups is 1. The summed E-state index contributed by atoms with van der Waals surface area (Å²) in [6.45, 7) is 0.204. The fourth-order valence-corrected chi connectivity index (χ4v) is 2.39. The van der Waals surface area contributed by atoms with E-state index in [2.05, 4.69) is 0 Å². The normalized spacial score (nSPS) is 11.8. The van der Waals surface area contributed by atoms with Crippen LogP contribution in [0.1, 0.15) is 83.5 Å². The molecule has 0 bridgehead atoms. The van der Waals surface area contributed by atoms with Crippen molar-refractivity contribution >= 4 is 5.97 Å². The summed E-state index contributed by atoms with van der Waals surface area (Å²) < 4.78 is 0. The summed E-state index contributed by atoms with van der Waals surface area (Å²) in [6, 6.07) is 0. The van der Waals surface area contributed by atoms with Crippen LogP contribution in [0.25, 0.3) is 0 Å². The molecule has 0 aromatic carbocycles. The SMILES string of the molecule is O=C(O)CCCCCCCCC(O)(O)CCCCCCO. The standard InChI is InChI=1S/C16H32O5/c17-14-10-6-5-9-13-16(20,21)12-8-4-2-1-3-7-11-15(18)19/h17,20-21H,1-14H2,(H,18,19). The van der Waals surface area contributed by atoms with E-state index in [0.29, 0.717) is 12.8 Å². The Labute approximate surface area is 128 Å². The number of aliphatic hydroxyl groups is 3. The van der Waals surface area contributed by atoms with Gasteiger partial charge in [0.05, 0.1) is 0 Å². The zero-order chi connectivity index (χ0) is 16.0. The predicted molar refractivity (Wildman–Crippen MR) is 81.9 cm³/mol. The summed E-state index contributed by atoms with van der Waals surface area (Å²) in [5.74, 6) is -2.29. The number of hydrogen-bond donors (Lipinski definition) is 4. The molecule has 0 atom stereocenters. The van der Waals surface area contributed by atoms with E-state index < -0.39 is 11.8 Å². The highest BCUT2D eigenvalue weighted by molar-refractivity contribution is 5.66. The van der Waals surface area contributed by atoms with Crippen LogP contribution in [-0.4, -0.2) is 38.8 Å². The third-order valence-electron chi connectivity index (χ3n) is 3.70. The summed E-state index contributed by atoms with van der Waals surface area (Å²) in [4.78, 5) is 10.3. The van der Waals surface area contributed by atoms with Crippen LogP contribution >= 0.6 is 0 Å². The monoisotopic (exact) mass is 304 g/mol. The van der Waals surface area contributed by atoms with Crippen LogP contribution in [0.4, 0.5) is 0 Å². The Morgan fingerprint density at radius 2 is 1.14 bits per heavy atom. The van der Waals surface area contributed by atoms with E-state index in [1.54, 1.807) is 0 Å². The number of hydrogen-bond acceptors (Lipinski definition) is 4. The quantitative estimate of drug-likeness (QED) is 0.275. The molecule has 5 heteroatoms. The lowest BCUT2D eigenvalue weighted by Gasteiger charge is -2.21. The molecular weight excluding hydrogens is 272 g/mol. The Morgan fingerprint density at radius 1 is 0.714 bits per heavy atom. The molecule has 0 saturated carbocycles. The molecule has 0 aromatic rings. The second kappa shape index (κ2) is 13.0. The Hall–Kier alpha value is -0.650. The number of carboxylic acids is 1. The molecule has 0 aliphatic carbocycles. The molecule has 0 heterocycles. The van der Waals surface area contributed by atoms with Crippen LogP contribution in [0.5, 0.6) is 0 Å². The van der Waals surface area contributed by atoms with Crippen molar-refractivity contribution in [1.82, 2.24) is 0 Å². The lowest BCUT2D eigenvalue weighted by molar-refractivity contribution is -0.172. The van der Waals surface area contributed by atoms with Gasteiger partial charge in [-0.25, -0.2) is 0 Å². The number of aliphatic hydroxyl groups excluding tert-OH is 1. The first-order valence-electron chi connectivity index (χ1n) is 8.25. The fraction of sp³-hybridized carbons (Fsp3) is 0.938. The highest BCUT2D eigenvalue weighted by Gasteiger charge is 2.21. The van der Waals surface area contributed by atoms with E-state index in [1.165, 1.54) is 0 Å². The Morgan fingerprint density at radius 3 is 1.62 bits per heavy atom. The van der Waals surface area contributed by atoms with Gasteiger partial charge in [-0.1, -0.05) is 38.5 Å². The van der Waals surface area contributed by atoms with Gasteiger partial charge in [0.25, 0.3) is 0 Å². The van der Waals surface area contributed by atoms with Crippen molar-refractivity contribution in [3.63, 3.8) is 0 Å². The lowest BCUT2D eigenvalue weighted by atomic mass is 9.99. The van der Waals surface area contributed by atoms with Crippen LogP contribution in [0.2, 0.25) is 0 Å². The van der Waals surface area contributed by atoms with E-state index in [0.717, 1.165) is 64.2 Å². The third-order valence-corrected chi connectivity index (χ3v) is 3.70. The number of aliphatic carboxylic acids is 1. The number of carboxylic acid groups (broad SMARTS) is 1. The van der Waals surface area contributed by atoms with Gasteiger partial charge in [-0.3, -0.25) is 4.79 Å². The molecule has 0 fully saturated rings. The van der Waals surface area contributed by atoms with Crippen molar-refractivity contribution < 1.29 is 25.2 Å². The van der Waals surface area contributed by atoms with Crippen LogP contribution in [0, 0.1) is 0 Å². The maximum atomic E-state index is 10.3. The molecule has 0 unspecified atom stereocenters. The van der Waals surface area contributed by atoms with Crippen molar-refractivity contribution in [3.05, 3.63) is 0 Å². The van der Waals surface area contributed by atoms with Gasteiger partial charge in [0.15, 0.2) is 5.79 Å². The minimum atomic E-state index is -1.55. The van der Waals surface area contributed by atoms with Gasteiger partial charge in [-0.15, -0.1) is 0 Å². The molecule has 0 aromatic heterocycles. The number of unbranched alkanes of at least 4 members (excludes halogenated alkanes) is 8. The zero-order valence-electron chi connectivity index (χ0n) is 13.1. The van der Waals surface area contributed by atoms with Crippen LogP contribution < -0.4 is 0 Å². The molecule has 0 saturated heterocycles. The van der Waals surface area contributed by atoms with Gasteiger partial charge in [0.1, 0.15) is 0 Å². The van der Waals surface area contributed by atoms with Crippen LogP contribution in [0.15, 0.2) is 0 Å². The van der Waals surface area contributed by atoms with Crippen LogP contribution in [-0.2, 0) is 4.79 Å². The van der Waals surface area contributed by atoms with Crippen molar-refractivity contribution in [2.75, 3.05) is 6.61 Å². The molecule has 5 nitrogen and oxygen atoms in total. The summed E-state index contributed by atoms with van der Waals surface area (Å²) in [6.07, 6.45) is 9.91. The van der Waals surface area contributed by atoms with Gasteiger partial charge < -0.3 is 20.4 Å². The van der Waals surface area contributed by atoms with Gasteiger partial charge in [0, 0.05) is 25.9 Å². The van der Waals surface area contributed by atoms with Crippen molar-refractivity contribution in [2.45, 2.75) is 89.3 Å². The summed E-state index contributed by atoms with van der Waals surface area (Å²) in [5, 5.41) is 36.8. The first-order chi connectivity index (χ1) is 9.98. The first-order valence-corrected chi connectivity index (χ1v) is 8.25. The Bertz CT molecular complexity index is 253. The summed E-state index contributed by atoms with van der Waals surface area (Å²) in [7, 11) is 0. The minimum Gasteiger partial charge on any atom is -0.481 e. The fourth-order valence-electron chi connectivity index (χ4n) is 2.39. The van der Waals surface area contributed by atoms with E-state index >= 15 is 0 Å². The molecule has 21 heavy (non-hydrogen) atoms. The van der Waals surface area contributed by atoms with E-state index in [-0.39, 0.29) is 13.0 Å². The van der Waals surface area contributed by atoms with Gasteiger partial charge in [-0.05, 0) is 25.7 Å². The highest BCUT2D eigenvalue weighted by atomic mass is 16.5. The van der Waals surface area contributed by atoms with E-state index in [4.69, 9.17) is 10.2 Å². The largest absolute Gasteiger partial charge is 0.481 e. The molecule has 0 aliphatic heterocycles. The highest BCUT2D eigenvalue weighted by Crippen LogP contribution is 2.20. The maximum Gasteiger partial charge on any atom is 0.303 e. The molecule has 0 amide bonds. The van der Waals surface area contributed by atoms with Gasteiger partial charge in [-0.2, -0.15) is 0 Å². The van der Waals surface area contributed by atoms with Crippen molar-refractivity contribution in [3.8, 4) is 0 Å². The van der Waals surface area contributed by atoms with Crippen molar-refractivity contribution in [2.24, 2.45) is 0 Å². The second-order valence-electron chi connectivity index (χ2n) is 5.89. The van der Waals surface area contributed by atoms with E-state index in [9.17, 15) is 15.0 Å². The predicted octanol–water partition coefficient (Wildman–Crippen LogP) is 2.82. The second-order valence-corrected chi connectivity index (χ2v) is 5.89. The van der Waals surface area contributed by atoms with Crippen molar-refractivity contribution in [1.29, 1.82) is 0 Å². The average molecular weight is 304 g/mol. The topological polar surface area (TPSA) is 98.0 Å². The molecule has 0 spiro atoms. The lowest BCUT2D eigenvalue weighted by Crippen LogP contribution is -2.27. The Kier molecular flexibility index (Phi) is 12.6. The van der Waals surface area contributed by atoms with E-state index in [1.807, 2.05) is 0 Å². The Balaban J connectivity index is 3.37. The molecular formula is C16H32O5. The molecule has 4 N–H and O–H groups in total. The molecule has 0 radical (unpaired) electrons. The molecule has 0 rings (SSSR count). The van der Waals surface area contributed by atoms with Gasteiger partial charge >= 0.3 is 5.97 Å². The summed E-state index contributed by atoms with van der Waals surface area (Å²) in [5.41, 5.74) is 0. The number of rotatable bonds is 15. The molecule has 0 aliphatic rings. The minimum absolute atomic E-state index is 0.204. The average Bonchev–Trinajstić information content (AvgIpc) is 2.41. The first kappa shape index (κ1) is 20.3. The van der Waals surface area contributed by atoms with Crippen LogP contribution in [0.3, 0.4) is 0 Å².